The molecule has 1 heterocycles. The van der Waals surface area contributed by atoms with Crippen molar-refractivity contribution < 1.29 is 27.4 Å². The summed E-state index contributed by atoms with van der Waals surface area (Å²) in [6, 6.07) is 0.617. The fourth-order valence-electron chi connectivity index (χ4n) is 1.19. The predicted molar refractivity (Wildman–Crippen MR) is 54.4 cm³/mol. The molecule has 100 valence electrons. The average Bonchev–Trinajstić information content (AvgIpc) is 2.21. The maximum absolute atomic E-state index is 12.0. The number of rotatable bonds is 3. The summed E-state index contributed by atoms with van der Waals surface area (Å²) in [7, 11) is 0. The molecule has 0 aliphatic heterocycles. The normalized spacial score (nSPS) is 11.2. The molecule has 1 N–H and O–H groups in total. The van der Waals surface area contributed by atoms with Crippen LogP contribution in [-0.4, -0.2) is 23.9 Å². The number of aromatic amines is 1. The van der Waals surface area contributed by atoms with E-state index in [9.17, 15) is 22.8 Å². The van der Waals surface area contributed by atoms with Gasteiger partial charge >= 0.3 is 12.3 Å². The van der Waals surface area contributed by atoms with Crippen molar-refractivity contribution in [3.63, 3.8) is 0 Å². The van der Waals surface area contributed by atoms with Crippen molar-refractivity contribution in [2.45, 2.75) is 20.2 Å². The van der Waals surface area contributed by atoms with Crippen LogP contribution in [0.1, 0.15) is 23.0 Å². The highest BCUT2D eigenvalue weighted by molar-refractivity contribution is 5.88. The molecule has 1 rings (SSSR count). The molecule has 0 aliphatic carbocycles. The molecule has 18 heavy (non-hydrogen) atoms. The first-order valence-electron chi connectivity index (χ1n) is 4.91. The number of alkyl halides is 3. The minimum absolute atomic E-state index is 0.0324. The van der Waals surface area contributed by atoms with Crippen LogP contribution in [0.3, 0.4) is 0 Å². The Morgan fingerprint density at radius 2 is 2.06 bits per heavy atom. The van der Waals surface area contributed by atoms with Gasteiger partial charge in [0.05, 0.1) is 6.61 Å². The zero-order chi connectivity index (χ0) is 13.9. The van der Waals surface area contributed by atoms with Gasteiger partial charge in [-0.25, -0.2) is 4.79 Å². The molecule has 0 unspecified atom stereocenters. The van der Waals surface area contributed by atoms with Crippen LogP contribution < -0.4 is 10.2 Å². The van der Waals surface area contributed by atoms with E-state index < -0.39 is 23.6 Å². The first-order valence-corrected chi connectivity index (χ1v) is 4.91. The van der Waals surface area contributed by atoms with E-state index in [4.69, 9.17) is 0 Å². The first-order chi connectivity index (χ1) is 8.24. The summed E-state index contributed by atoms with van der Waals surface area (Å²) in [5.74, 6) is -1.78. The van der Waals surface area contributed by atoms with Crippen molar-refractivity contribution >= 4 is 5.97 Å². The lowest BCUT2D eigenvalue weighted by molar-refractivity contribution is -0.276. The molecule has 0 fully saturated rings. The number of ether oxygens (including phenoxy) is 2. The minimum Gasteiger partial charge on any atom is -0.461 e. The fraction of sp³-hybridized carbons (Fsp3) is 0.400. The summed E-state index contributed by atoms with van der Waals surface area (Å²) < 4.78 is 44.1. The van der Waals surface area contributed by atoms with Gasteiger partial charge in [-0.2, -0.15) is 0 Å². The van der Waals surface area contributed by atoms with Gasteiger partial charge in [0.1, 0.15) is 5.69 Å². The van der Waals surface area contributed by atoms with Crippen LogP contribution in [0.5, 0.6) is 5.88 Å². The van der Waals surface area contributed by atoms with Crippen LogP contribution >= 0.6 is 0 Å². The highest BCUT2D eigenvalue weighted by atomic mass is 19.4. The van der Waals surface area contributed by atoms with Crippen molar-refractivity contribution in [3.8, 4) is 5.88 Å². The van der Waals surface area contributed by atoms with Crippen molar-refractivity contribution in [2.24, 2.45) is 0 Å². The number of halogens is 3. The zero-order valence-corrected chi connectivity index (χ0v) is 9.55. The Morgan fingerprint density at radius 3 is 2.56 bits per heavy atom. The Morgan fingerprint density at radius 1 is 1.44 bits per heavy atom. The second kappa shape index (κ2) is 5.11. The van der Waals surface area contributed by atoms with Gasteiger partial charge in [0.15, 0.2) is 5.43 Å². The number of carbonyl (C=O) groups is 1. The first kappa shape index (κ1) is 14.1. The molecule has 1 aromatic heterocycles. The molecular formula is C10H10F3NO4. The van der Waals surface area contributed by atoms with Crippen LogP contribution in [0.2, 0.25) is 0 Å². The van der Waals surface area contributed by atoms with Gasteiger partial charge in [0.25, 0.3) is 0 Å². The van der Waals surface area contributed by atoms with Crippen molar-refractivity contribution in [2.75, 3.05) is 6.61 Å². The lowest BCUT2D eigenvalue weighted by Gasteiger charge is -2.11. The lowest BCUT2D eigenvalue weighted by atomic mass is 10.2. The van der Waals surface area contributed by atoms with E-state index >= 15 is 0 Å². The number of carbonyl (C=O) groups excluding carboxylic acids is 1. The summed E-state index contributed by atoms with van der Waals surface area (Å²) in [4.78, 5) is 24.9. The summed E-state index contributed by atoms with van der Waals surface area (Å²) in [6.07, 6.45) is -4.95. The maximum atomic E-state index is 12.0. The number of hydrogen-bond donors (Lipinski definition) is 1. The highest BCUT2D eigenvalue weighted by Gasteiger charge is 2.32. The Labute approximate surface area is 99.5 Å². The second-order valence-electron chi connectivity index (χ2n) is 3.27. The summed E-state index contributed by atoms with van der Waals surface area (Å²) in [5, 5.41) is 0. The molecule has 1 aromatic rings. The third kappa shape index (κ3) is 3.51. The molecule has 0 atom stereocenters. The van der Waals surface area contributed by atoms with Crippen molar-refractivity contribution in [3.05, 3.63) is 27.5 Å². The quantitative estimate of drug-likeness (QED) is 0.845. The van der Waals surface area contributed by atoms with E-state index in [1.807, 2.05) is 0 Å². The van der Waals surface area contributed by atoms with Gasteiger partial charge in [0.2, 0.25) is 5.88 Å². The molecule has 0 saturated carbocycles. The van der Waals surface area contributed by atoms with Gasteiger partial charge in [-0.3, -0.25) is 4.79 Å². The molecule has 0 saturated heterocycles. The molecule has 8 heteroatoms. The smallest absolute Gasteiger partial charge is 0.461 e. The van der Waals surface area contributed by atoms with Gasteiger partial charge < -0.3 is 14.5 Å². The van der Waals surface area contributed by atoms with Crippen LogP contribution in [-0.2, 0) is 4.74 Å². The van der Waals surface area contributed by atoms with E-state index in [2.05, 4.69) is 14.5 Å². The Hall–Kier alpha value is -1.99. The largest absolute Gasteiger partial charge is 0.574 e. The topological polar surface area (TPSA) is 68.4 Å². The Balaban J connectivity index is 3.19. The minimum atomic E-state index is -4.95. The zero-order valence-electron chi connectivity index (χ0n) is 9.55. The Bertz CT molecular complexity index is 507. The monoisotopic (exact) mass is 265 g/mol. The van der Waals surface area contributed by atoms with Crippen LogP contribution in [0.4, 0.5) is 13.2 Å². The molecule has 5 nitrogen and oxygen atoms in total. The lowest BCUT2D eigenvalue weighted by Crippen LogP contribution is -2.22. The third-order valence-corrected chi connectivity index (χ3v) is 1.96. The van der Waals surface area contributed by atoms with E-state index in [1.54, 1.807) is 0 Å². The van der Waals surface area contributed by atoms with E-state index in [0.717, 1.165) is 0 Å². The third-order valence-electron chi connectivity index (χ3n) is 1.96. The molecule has 0 spiro atoms. The second-order valence-corrected chi connectivity index (χ2v) is 3.27. The summed E-state index contributed by atoms with van der Waals surface area (Å²) in [6.45, 7) is 2.86. The predicted octanol–water partition coefficient (Wildman–Crippen LogP) is 1.76. The van der Waals surface area contributed by atoms with E-state index in [-0.39, 0.29) is 17.9 Å². The van der Waals surface area contributed by atoms with Crippen LogP contribution in [0, 0.1) is 6.92 Å². The highest BCUT2D eigenvalue weighted by Crippen LogP contribution is 2.20. The summed E-state index contributed by atoms with van der Waals surface area (Å²) >= 11 is 0. The van der Waals surface area contributed by atoms with Crippen LogP contribution in [0.15, 0.2) is 10.9 Å². The summed E-state index contributed by atoms with van der Waals surface area (Å²) in [5.41, 5.74) is -1.15. The number of nitrogens with one attached hydrogen (secondary N) is 1. The van der Waals surface area contributed by atoms with Gasteiger partial charge in [-0.15, -0.1) is 13.2 Å². The number of esters is 1. The van der Waals surface area contributed by atoms with Crippen molar-refractivity contribution in [1.29, 1.82) is 0 Å². The molecule has 0 aliphatic rings. The average molecular weight is 265 g/mol. The van der Waals surface area contributed by atoms with E-state index in [1.165, 1.54) is 13.8 Å². The van der Waals surface area contributed by atoms with Gasteiger partial charge in [-0.1, -0.05) is 0 Å². The van der Waals surface area contributed by atoms with Crippen LogP contribution in [0.25, 0.3) is 0 Å². The standard InChI is InChI=1S/C10H10F3NO4/c1-3-17-9(16)8-5(2)6(15)4-7(14-8)18-10(11,12)13/h4H,3H2,1-2H3,(H,14,15). The number of aromatic nitrogens is 1. The molecular weight excluding hydrogens is 255 g/mol. The number of hydrogen-bond acceptors (Lipinski definition) is 4. The molecule has 0 amide bonds. The SMILES string of the molecule is CCOC(=O)c1[nH]c(OC(F)(F)F)cc(=O)c1C. The maximum Gasteiger partial charge on any atom is 0.574 e. The number of H-pyrrole nitrogens is 1. The van der Waals surface area contributed by atoms with Crippen molar-refractivity contribution in [1.82, 2.24) is 4.98 Å². The van der Waals surface area contributed by atoms with Gasteiger partial charge in [-0.05, 0) is 13.8 Å². The number of pyridine rings is 1. The fourth-order valence-corrected chi connectivity index (χ4v) is 1.19. The molecule has 0 bridgehead atoms. The Kier molecular flexibility index (Phi) is 4.00. The van der Waals surface area contributed by atoms with Gasteiger partial charge in [0, 0.05) is 11.6 Å². The molecule has 0 aromatic carbocycles. The molecule has 0 radical (unpaired) electrons. The van der Waals surface area contributed by atoms with E-state index in [0.29, 0.717) is 6.07 Å².